The van der Waals surface area contributed by atoms with E-state index in [0.29, 0.717) is 30.9 Å². The molecule has 1 heterocycles. The molecule has 0 spiro atoms. The van der Waals surface area contributed by atoms with E-state index in [9.17, 15) is 31.9 Å². The van der Waals surface area contributed by atoms with Gasteiger partial charge in [0, 0.05) is 24.5 Å². The first kappa shape index (κ1) is 28.1. The number of halogens is 5. The smallest absolute Gasteiger partial charge is 0.369 e. The third-order valence-corrected chi connectivity index (χ3v) is 11.1. The maximum absolute atomic E-state index is 13.2. The number of carbonyl (C=O) groups is 2. The first-order valence-corrected chi connectivity index (χ1v) is 14.8. The summed E-state index contributed by atoms with van der Waals surface area (Å²) in [6.07, 6.45) is -0.726. The summed E-state index contributed by atoms with van der Waals surface area (Å²) >= 11 is 12.3. The summed E-state index contributed by atoms with van der Waals surface area (Å²) in [5.41, 5.74) is 4.08. The molecule has 4 aliphatic carbocycles. The first-order chi connectivity index (χ1) is 17.6. The molecule has 4 bridgehead atoms. The number of nitrogens with two attached hydrogens (primary N) is 1. The molecule has 6 rings (SSSR count). The minimum absolute atomic E-state index is 0.0641. The Balaban J connectivity index is 1.32. The Morgan fingerprint density at radius 1 is 1.13 bits per heavy atom. The number of hydrogen-bond donors (Lipinski definition) is 4. The summed E-state index contributed by atoms with van der Waals surface area (Å²) in [6, 6.07) is 1.27. The van der Waals surface area contributed by atoms with Gasteiger partial charge in [0.25, 0.3) is 0 Å². The highest BCUT2D eigenvalue weighted by atomic mass is 35.5. The highest BCUT2D eigenvalue weighted by molar-refractivity contribution is 8.23. The van der Waals surface area contributed by atoms with Crippen LogP contribution in [0.3, 0.4) is 0 Å². The third kappa shape index (κ3) is 4.85. The Bertz CT molecular complexity index is 1120. The van der Waals surface area contributed by atoms with Gasteiger partial charge in [0.1, 0.15) is 0 Å². The van der Waals surface area contributed by atoms with Crippen LogP contribution in [0.25, 0.3) is 0 Å². The van der Waals surface area contributed by atoms with Gasteiger partial charge in [0.05, 0.1) is 27.8 Å². The average Bonchev–Trinajstić information content (AvgIpc) is 2.78. The first-order valence-electron chi connectivity index (χ1n) is 12.6. The number of nitrogens with one attached hydrogen (secondary N) is 1. The predicted octanol–water partition coefficient (Wildman–Crippen LogP) is 5.15. The SMILES string of the molecule is CC1CN(CC(=O)NC2[C@@H]3CC4C[C@H]2CC(C(N)=O)(C4)C3)S(O)(O)N(c2c(Cl)cc(C(F)(F)F)cc2Cl)C1. The second kappa shape index (κ2) is 9.59. The number of alkyl halides is 3. The molecule has 8 nitrogen and oxygen atoms in total. The second-order valence-corrected chi connectivity index (χ2v) is 14.2. The topological polar surface area (TPSA) is 119 Å². The van der Waals surface area contributed by atoms with E-state index in [1.807, 2.05) is 6.92 Å². The molecule has 0 aromatic heterocycles. The number of amides is 2. The molecule has 1 aromatic carbocycles. The van der Waals surface area contributed by atoms with Gasteiger partial charge < -0.3 is 11.1 Å². The zero-order chi connectivity index (χ0) is 27.8. The Hall–Kier alpha value is -1.44. The lowest BCUT2D eigenvalue weighted by Crippen LogP contribution is -2.63. The van der Waals surface area contributed by atoms with Crippen LogP contribution in [-0.2, 0) is 15.8 Å². The minimum Gasteiger partial charge on any atom is -0.369 e. The fraction of sp³-hybridized carbons (Fsp3) is 0.667. The number of primary amides is 1. The molecular formula is C24H31Cl2F3N4O4S. The maximum Gasteiger partial charge on any atom is 0.416 e. The van der Waals surface area contributed by atoms with Gasteiger partial charge in [-0.1, -0.05) is 30.1 Å². The van der Waals surface area contributed by atoms with Gasteiger partial charge in [0.2, 0.25) is 11.8 Å². The van der Waals surface area contributed by atoms with Crippen LogP contribution in [0.2, 0.25) is 10.0 Å². The van der Waals surface area contributed by atoms with Gasteiger partial charge in [-0.05, 0) is 78.9 Å². The Kier molecular flexibility index (Phi) is 7.09. The van der Waals surface area contributed by atoms with E-state index < -0.39 is 34.0 Å². The van der Waals surface area contributed by atoms with Crippen molar-refractivity contribution >= 4 is 51.7 Å². The summed E-state index contributed by atoms with van der Waals surface area (Å²) in [5.74, 6) is -0.143. The molecule has 1 saturated heterocycles. The predicted molar refractivity (Wildman–Crippen MR) is 140 cm³/mol. The zero-order valence-corrected chi connectivity index (χ0v) is 23.0. The second-order valence-electron chi connectivity index (χ2n) is 11.5. The summed E-state index contributed by atoms with van der Waals surface area (Å²) in [5, 5.41) is 2.33. The monoisotopic (exact) mass is 598 g/mol. The molecule has 1 aliphatic heterocycles. The Morgan fingerprint density at radius 2 is 1.71 bits per heavy atom. The van der Waals surface area contributed by atoms with E-state index in [1.165, 1.54) is 4.31 Å². The van der Waals surface area contributed by atoms with E-state index in [1.54, 1.807) is 0 Å². The molecule has 212 valence electrons. The van der Waals surface area contributed by atoms with Crippen LogP contribution >= 0.6 is 34.2 Å². The van der Waals surface area contributed by atoms with Crippen LogP contribution in [0.5, 0.6) is 0 Å². The molecule has 6 atom stereocenters. The lowest BCUT2D eigenvalue weighted by molar-refractivity contribution is -0.147. The van der Waals surface area contributed by atoms with E-state index >= 15 is 0 Å². The van der Waals surface area contributed by atoms with Gasteiger partial charge in [0.15, 0.2) is 0 Å². The van der Waals surface area contributed by atoms with E-state index in [4.69, 9.17) is 28.9 Å². The van der Waals surface area contributed by atoms with Gasteiger partial charge >= 0.3 is 6.18 Å². The molecule has 38 heavy (non-hydrogen) atoms. The van der Waals surface area contributed by atoms with Gasteiger partial charge in [-0.3, -0.25) is 23.0 Å². The summed E-state index contributed by atoms with van der Waals surface area (Å²) in [4.78, 5) is 25.4. The Labute approximate surface area is 230 Å². The molecule has 4 unspecified atom stereocenters. The van der Waals surface area contributed by atoms with Crippen molar-refractivity contribution in [3.8, 4) is 0 Å². The number of rotatable bonds is 5. The highest BCUT2D eigenvalue weighted by Gasteiger charge is 2.58. The molecule has 5 fully saturated rings. The fourth-order valence-corrected chi connectivity index (χ4v) is 10.0. The van der Waals surface area contributed by atoms with Crippen LogP contribution in [0.15, 0.2) is 12.1 Å². The van der Waals surface area contributed by atoms with E-state index in [0.717, 1.165) is 23.6 Å². The van der Waals surface area contributed by atoms with Crippen molar-refractivity contribution in [3.63, 3.8) is 0 Å². The van der Waals surface area contributed by atoms with Crippen LogP contribution in [0.4, 0.5) is 18.9 Å². The van der Waals surface area contributed by atoms with Crippen molar-refractivity contribution in [3.05, 3.63) is 27.7 Å². The van der Waals surface area contributed by atoms with E-state index in [-0.39, 0.29) is 65.1 Å². The van der Waals surface area contributed by atoms with Crippen LogP contribution in [0.1, 0.15) is 44.6 Å². The lowest BCUT2D eigenvalue weighted by atomic mass is 9.47. The molecule has 2 amide bonds. The maximum atomic E-state index is 13.2. The summed E-state index contributed by atoms with van der Waals surface area (Å²) in [6.45, 7) is 1.72. The standard InChI is InChI=1S/C24H31Cl2F3N4O4S/c1-12-9-32(38(36,37)33(10-12)21-17(25)4-16(5-18(21)26)24(27,28)29)11-19(34)31-20-14-2-13-3-15(20)8-23(6-13,7-14)22(30)35/h4-5,12-15,20,36-37H,2-3,6-11H2,1H3,(H2,30,35)(H,31,34)/t12?,13?,14-,15+,20?,23?. The molecule has 5 N–H and O–H groups in total. The van der Waals surface area contributed by atoms with E-state index in [2.05, 4.69) is 5.32 Å². The summed E-state index contributed by atoms with van der Waals surface area (Å²) in [7, 11) is -3.83. The van der Waals surface area contributed by atoms with Crippen molar-refractivity contribution in [2.75, 3.05) is 23.9 Å². The largest absolute Gasteiger partial charge is 0.416 e. The minimum atomic E-state index is -4.68. The Morgan fingerprint density at radius 3 is 2.24 bits per heavy atom. The van der Waals surface area contributed by atoms with Gasteiger partial charge in [-0.25, -0.2) is 0 Å². The zero-order valence-electron chi connectivity index (χ0n) is 20.7. The van der Waals surface area contributed by atoms with Crippen LogP contribution in [0, 0.1) is 29.1 Å². The summed E-state index contributed by atoms with van der Waals surface area (Å²) < 4.78 is 64.4. The lowest BCUT2D eigenvalue weighted by Gasteiger charge is -2.59. The highest BCUT2D eigenvalue weighted by Crippen LogP contribution is 2.60. The van der Waals surface area contributed by atoms with Crippen LogP contribution in [-0.4, -0.2) is 50.9 Å². The average molecular weight is 600 g/mol. The van der Waals surface area contributed by atoms with Gasteiger partial charge in [-0.15, -0.1) is 0 Å². The molecule has 14 heteroatoms. The van der Waals surface area contributed by atoms with Crippen molar-refractivity contribution in [2.24, 2.45) is 34.8 Å². The van der Waals surface area contributed by atoms with Crippen molar-refractivity contribution in [2.45, 2.75) is 51.2 Å². The third-order valence-electron chi connectivity index (χ3n) is 8.67. The number of benzene rings is 1. The van der Waals surface area contributed by atoms with Crippen molar-refractivity contribution in [1.82, 2.24) is 9.62 Å². The molecular weight excluding hydrogens is 568 g/mol. The number of carbonyl (C=O) groups excluding carboxylic acids is 2. The van der Waals surface area contributed by atoms with Gasteiger partial charge in [-0.2, -0.15) is 17.5 Å². The number of nitrogens with zero attached hydrogens (tertiary/aromatic N) is 2. The van der Waals surface area contributed by atoms with Crippen LogP contribution < -0.4 is 15.4 Å². The molecule has 1 aromatic rings. The molecule has 4 saturated carbocycles. The normalized spacial score (nSPS) is 35.3. The fourth-order valence-electron chi connectivity index (χ4n) is 7.31. The number of hydrogen-bond acceptors (Lipinski definition) is 6. The van der Waals surface area contributed by atoms with Crippen molar-refractivity contribution < 1.29 is 31.9 Å². The van der Waals surface area contributed by atoms with Crippen molar-refractivity contribution in [1.29, 1.82) is 0 Å². The molecule has 5 aliphatic rings. The molecule has 0 radical (unpaired) electrons. The number of anilines is 1. The quantitative estimate of drug-likeness (QED) is 0.372.